The molecule has 0 atom stereocenters. The summed E-state index contributed by atoms with van der Waals surface area (Å²) in [5.74, 6) is 0. The number of hydrogen-bond donors (Lipinski definition) is 0. The molecule has 0 aromatic heterocycles. The number of anilines is 2. The molecule has 0 N–H and O–H groups in total. The summed E-state index contributed by atoms with van der Waals surface area (Å²) in [5.41, 5.74) is 2.13. The second-order valence-electron chi connectivity index (χ2n) is 4.61. The van der Waals surface area contributed by atoms with Crippen LogP contribution < -0.4 is 9.80 Å². The maximum atomic E-state index is 11.0. The van der Waals surface area contributed by atoms with Crippen LogP contribution >= 0.6 is 0 Å². The molecule has 17 heavy (non-hydrogen) atoms. The van der Waals surface area contributed by atoms with Gasteiger partial charge in [0.25, 0.3) is 5.69 Å². The molecule has 2 fully saturated rings. The van der Waals surface area contributed by atoms with Crippen LogP contribution in [-0.2, 0) is 0 Å². The third-order valence-corrected chi connectivity index (χ3v) is 3.57. The van der Waals surface area contributed by atoms with Crippen molar-refractivity contribution in [2.24, 2.45) is 0 Å². The molecule has 0 radical (unpaired) electrons. The lowest BCUT2D eigenvalue weighted by atomic mass is 10.1. The standard InChI is InChI=1S/C12H15N3O2/c16-15(17)11-4-3-10(13-5-1-6-13)9-12(11)14-7-2-8-14/h3-4,9H,1-2,5-8H2. The molecule has 0 spiro atoms. The monoisotopic (exact) mass is 233 g/mol. The van der Waals surface area contributed by atoms with Crippen LogP contribution in [0, 0.1) is 10.1 Å². The zero-order valence-electron chi connectivity index (χ0n) is 9.63. The second kappa shape index (κ2) is 3.91. The number of nitrogens with zero attached hydrogens (tertiary/aromatic N) is 3. The fourth-order valence-corrected chi connectivity index (χ4v) is 2.25. The summed E-state index contributed by atoms with van der Waals surface area (Å²) in [6.45, 7) is 4.00. The van der Waals surface area contributed by atoms with E-state index in [1.165, 1.54) is 6.42 Å². The average molecular weight is 233 g/mol. The van der Waals surface area contributed by atoms with Crippen molar-refractivity contribution in [3.63, 3.8) is 0 Å². The Morgan fingerprint density at radius 1 is 1.06 bits per heavy atom. The third-order valence-electron chi connectivity index (χ3n) is 3.57. The molecule has 0 bridgehead atoms. The van der Waals surface area contributed by atoms with Gasteiger partial charge >= 0.3 is 0 Å². The van der Waals surface area contributed by atoms with Gasteiger partial charge in [-0.15, -0.1) is 0 Å². The molecule has 2 heterocycles. The Balaban J connectivity index is 1.96. The minimum absolute atomic E-state index is 0.231. The van der Waals surface area contributed by atoms with Crippen molar-refractivity contribution in [1.29, 1.82) is 0 Å². The molecule has 5 heteroatoms. The summed E-state index contributed by atoms with van der Waals surface area (Å²) in [7, 11) is 0. The van der Waals surface area contributed by atoms with E-state index in [-0.39, 0.29) is 10.6 Å². The first-order valence-electron chi connectivity index (χ1n) is 6.04. The van der Waals surface area contributed by atoms with Gasteiger partial charge in [-0.3, -0.25) is 10.1 Å². The molecule has 1 aromatic carbocycles. The molecule has 90 valence electrons. The largest absolute Gasteiger partial charge is 0.371 e. The van der Waals surface area contributed by atoms with Gasteiger partial charge in [0, 0.05) is 37.9 Å². The highest BCUT2D eigenvalue weighted by molar-refractivity contribution is 5.71. The normalized spacial score (nSPS) is 18.6. The minimum Gasteiger partial charge on any atom is -0.371 e. The van der Waals surface area contributed by atoms with Gasteiger partial charge in [0.15, 0.2) is 0 Å². The molecule has 2 saturated heterocycles. The first-order chi connectivity index (χ1) is 8.25. The van der Waals surface area contributed by atoms with Crippen LogP contribution in [0.2, 0.25) is 0 Å². The van der Waals surface area contributed by atoms with Crippen LogP contribution in [0.3, 0.4) is 0 Å². The third kappa shape index (κ3) is 1.71. The number of nitro groups is 1. The summed E-state index contributed by atoms with van der Waals surface area (Å²) >= 11 is 0. The van der Waals surface area contributed by atoms with Crippen LogP contribution in [0.4, 0.5) is 17.1 Å². The SMILES string of the molecule is O=[N+]([O-])c1ccc(N2CCC2)cc1N1CCC1. The number of benzene rings is 1. The quantitative estimate of drug-likeness (QED) is 0.592. The summed E-state index contributed by atoms with van der Waals surface area (Å²) < 4.78 is 0. The van der Waals surface area contributed by atoms with Crippen LogP contribution in [0.1, 0.15) is 12.8 Å². The molecule has 0 aliphatic carbocycles. The summed E-state index contributed by atoms with van der Waals surface area (Å²) in [6.07, 6.45) is 2.35. The van der Waals surface area contributed by atoms with Gasteiger partial charge in [0.1, 0.15) is 5.69 Å². The average Bonchev–Trinajstić information content (AvgIpc) is 2.11. The van der Waals surface area contributed by atoms with E-state index < -0.39 is 0 Å². The highest BCUT2D eigenvalue weighted by atomic mass is 16.6. The lowest BCUT2D eigenvalue weighted by molar-refractivity contribution is -0.384. The number of nitro benzene ring substituents is 1. The topological polar surface area (TPSA) is 49.6 Å². The van der Waals surface area contributed by atoms with Crippen molar-refractivity contribution in [3.8, 4) is 0 Å². The van der Waals surface area contributed by atoms with Crippen molar-refractivity contribution in [2.75, 3.05) is 36.0 Å². The molecule has 3 rings (SSSR count). The van der Waals surface area contributed by atoms with Crippen molar-refractivity contribution in [1.82, 2.24) is 0 Å². The van der Waals surface area contributed by atoms with E-state index in [4.69, 9.17) is 0 Å². The Morgan fingerprint density at radius 3 is 2.18 bits per heavy atom. The lowest BCUT2D eigenvalue weighted by Crippen LogP contribution is -2.39. The van der Waals surface area contributed by atoms with E-state index in [9.17, 15) is 10.1 Å². The molecule has 0 saturated carbocycles. The van der Waals surface area contributed by atoms with E-state index in [2.05, 4.69) is 9.80 Å². The molecule has 2 aliphatic rings. The Kier molecular flexibility index (Phi) is 2.39. The van der Waals surface area contributed by atoms with E-state index in [1.807, 2.05) is 12.1 Å². The van der Waals surface area contributed by atoms with Gasteiger partial charge in [0.2, 0.25) is 0 Å². The van der Waals surface area contributed by atoms with Gasteiger partial charge in [-0.25, -0.2) is 0 Å². The van der Waals surface area contributed by atoms with Gasteiger partial charge in [-0.1, -0.05) is 0 Å². The first kappa shape index (κ1) is 10.4. The lowest BCUT2D eigenvalue weighted by Gasteiger charge is -2.36. The highest BCUT2D eigenvalue weighted by Crippen LogP contribution is 2.35. The summed E-state index contributed by atoms with van der Waals surface area (Å²) in [4.78, 5) is 15.1. The van der Waals surface area contributed by atoms with E-state index in [0.29, 0.717) is 0 Å². The molecule has 1 aromatic rings. The van der Waals surface area contributed by atoms with Gasteiger partial charge < -0.3 is 9.80 Å². The summed E-state index contributed by atoms with van der Waals surface area (Å²) in [5, 5.41) is 11.0. The van der Waals surface area contributed by atoms with Crippen LogP contribution in [0.15, 0.2) is 18.2 Å². The van der Waals surface area contributed by atoms with Gasteiger partial charge in [-0.05, 0) is 25.0 Å². The fourth-order valence-electron chi connectivity index (χ4n) is 2.25. The zero-order valence-corrected chi connectivity index (χ0v) is 9.63. The Morgan fingerprint density at radius 2 is 1.71 bits per heavy atom. The smallest absolute Gasteiger partial charge is 0.292 e. The van der Waals surface area contributed by atoms with Crippen LogP contribution in [0.5, 0.6) is 0 Å². The fraction of sp³-hybridized carbons (Fsp3) is 0.500. The van der Waals surface area contributed by atoms with Crippen molar-refractivity contribution >= 4 is 17.1 Å². The highest BCUT2D eigenvalue weighted by Gasteiger charge is 2.25. The van der Waals surface area contributed by atoms with Crippen LogP contribution in [0.25, 0.3) is 0 Å². The molecule has 2 aliphatic heterocycles. The van der Waals surface area contributed by atoms with E-state index >= 15 is 0 Å². The van der Waals surface area contributed by atoms with Gasteiger partial charge in [0.05, 0.1) is 4.92 Å². The maximum absolute atomic E-state index is 11.0. The Labute approximate surface area is 99.8 Å². The molecular weight excluding hydrogens is 218 g/mol. The van der Waals surface area contributed by atoms with Gasteiger partial charge in [-0.2, -0.15) is 0 Å². The molecule has 0 amide bonds. The summed E-state index contributed by atoms with van der Waals surface area (Å²) in [6, 6.07) is 5.47. The first-order valence-corrected chi connectivity index (χ1v) is 6.04. The Hall–Kier alpha value is -1.78. The number of rotatable bonds is 3. The second-order valence-corrected chi connectivity index (χ2v) is 4.61. The van der Waals surface area contributed by atoms with Crippen LogP contribution in [-0.4, -0.2) is 31.1 Å². The Bertz CT molecular complexity index is 453. The van der Waals surface area contributed by atoms with Crippen molar-refractivity contribution in [3.05, 3.63) is 28.3 Å². The molecule has 0 unspecified atom stereocenters. The number of hydrogen-bond acceptors (Lipinski definition) is 4. The van der Waals surface area contributed by atoms with Crippen molar-refractivity contribution < 1.29 is 4.92 Å². The van der Waals surface area contributed by atoms with E-state index in [1.54, 1.807) is 6.07 Å². The maximum Gasteiger partial charge on any atom is 0.292 e. The van der Waals surface area contributed by atoms with E-state index in [0.717, 1.165) is 44.0 Å². The predicted octanol–water partition coefficient (Wildman–Crippen LogP) is 2.01. The predicted molar refractivity (Wildman–Crippen MR) is 66.8 cm³/mol. The zero-order chi connectivity index (χ0) is 11.8. The minimum atomic E-state index is -0.284. The molecule has 5 nitrogen and oxygen atoms in total. The molecular formula is C12H15N3O2. The van der Waals surface area contributed by atoms with Crippen molar-refractivity contribution in [2.45, 2.75) is 12.8 Å².